The van der Waals surface area contributed by atoms with Gasteiger partial charge >= 0.3 is 0 Å². The van der Waals surface area contributed by atoms with Gasteiger partial charge in [0.15, 0.2) is 0 Å². The lowest BCUT2D eigenvalue weighted by Gasteiger charge is -2.24. The van der Waals surface area contributed by atoms with Crippen LogP contribution in [0.5, 0.6) is 0 Å². The molecule has 2 rings (SSSR count). The topological polar surface area (TPSA) is 48.0 Å². The van der Waals surface area contributed by atoms with E-state index in [1.54, 1.807) is 6.07 Å². The van der Waals surface area contributed by atoms with Crippen LogP contribution in [0.1, 0.15) is 50.6 Å². The third-order valence-corrected chi connectivity index (χ3v) is 3.58. The van der Waals surface area contributed by atoms with E-state index in [2.05, 4.69) is 0 Å². The van der Waals surface area contributed by atoms with Crippen LogP contribution in [0.2, 0.25) is 0 Å². The fraction of sp³-hybridized carbons (Fsp3) is 0.615. The molecule has 0 aliphatic heterocycles. The van der Waals surface area contributed by atoms with Crippen LogP contribution in [0.25, 0.3) is 0 Å². The normalized spacial score (nSPS) is 17.6. The van der Waals surface area contributed by atoms with Gasteiger partial charge in [-0.1, -0.05) is 19.3 Å². The van der Waals surface area contributed by atoms with Crippen LogP contribution >= 0.6 is 0 Å². The molecule has 1 heterocycles. The molecule has 88 valence electrons. The molecule has 16 heavy (non-hydrogen) atoms. The van der Waals surface area contributed by atoms with Crippen molar-refractivity contribution in [3.63, 3.8) is 0 Å². The second kappa shape index (κ2) is 4.73. The molecule has 1 aromatic heterocycles. The van der Waals surface area contributed by atoms with Crippen molar-refractivity contribution in [2.45, 2.75) is 51.5 Å². The van der Waals surface area contributed by atoms with E-state index < -0.39 is 0 Å². The van der Waals surface area contributed by atoms with Crippen LogP contribution in [-0.2, 0) is 6.54 Å². The molecule has 0 aromatic carbocycles. The summed E-state index contributed by atoms with van der Waals surface area (Å²) in [6.07, 6.45) is 6.33. The summed E-state index contributed by atoms with van der Waals surface area (Å²) < 4.78 is 1.84. The Morgan fingerprint density at radius 1 is 1.31 bits per heavy atom. The van der Waals surface area contributed by atoms with E-state index >= 15 is 0 Å². The third-order valence-electron chi connectivity index (χ3n) is 3.58. The molecule has 3 heteroatoms. The summed E-state index contributed by atoms with van der Waals surface area (Å²) in [4.78, 5) is 11.9. The van der Waals surface area contributed by atoms with E-state index in [9.17, 15) is 4.79 Å². The Bertz CT molecular complexity index is 416. The molecule has 0 atom stereocenters. The Morgan fingerprint density at radius 2 is 2.00 bits per heavy atom. The minimum absolute atomic E-state index is 0.0226. The number of pyridine rings is 1. The number of nitrogen functional groups attached to an aromatic ring is 1. The van der Waals surface area contributed by atoms with Crippen molar-refractivity contribution in [1.29, 1.82) is 0 Å². The van der Waals surface area contributed by atoms with Crippen LogP contribution in [0.15, 0.2) is 16.9 Å². The SMILES string of the molecule is CCn1c(C2CCCCC2)ccc(N)c1=O. The Kier molecular flexibility index (Phi) is 3.32. The van der Waals surface area contributed by atoms with Crippen molar-refractivity contribution in [1.82, 2.24) is 4.57 Å². The molecule has 1 aromatic rings. The number of nitrogens with two attached hydrogens (primary N) is 1. The average molecular weight is 220 g/mol. The number of rotatable bonds is 2. The molecule has 1 aliphatic rings. The second-order valence-electron chi connectivity index (χ2n) is 4.60. The highest BCUT2D eigenvalue weighted by Crippen LogP contribution is 2.32. The van der Waals surface area contributed by atoms with Gasteiger partial charge in [-0.3, -0.25) is 4.79 Å². The Hall–Kier alpha value is -1.25. The van der Waals surface area contributed by atoms with Crippen molar-refractivity contribution in [2.24, 2.45) is 0 Å². The molecule has 1 saturated carbocycles. The Balaban J connectivity index is 2.39. The predicted octanol–water partition coefficient (Wildman–Crippen LogP) is 2.50. The molecule has 0 saturated heterocycles. The fourth-order valence-corrected chi connectivity index (χ4v) is 2.69. The maximum atomic E-state index is 11.9. The highest BCUT2D eigenvalue weighted by atomic mass is 16.1. The van der Waals surface area contributed by atoms with Crippen molar-refractivity contribution in [3.05, 3.63) is 28.2 Å². The summed E-state index contributed by atoms with van der Waals surface area (Å²) in [6, 6.07) is 3.80. The van der Waals surface area contributed by atoms with E-state index in [1.165, 1.54) is 37.8 Å². The van der Waals surface area contributed by atoms with Gasteiger partial charge < -0.3 is 10.3 Å². The van der Waals surface area contributed by atoms with Crippen LogP contribution in [0, 0.1) is 0 Å². The van der Waals surface area contributed by atoms with Gasteiger partial charge in [-0.05, 0) is 37.8 Å². The predicted molar refractivity (Wildman–Crippen MR) is 66.6 cm³/mol. The second-order valence-corrected chi connectivity index (χ2v) is 4.60. The fourth-order valence-electron chi connectivity index (χ4n) is 2.69. The van der Waals surface area contributed by atoms with Gasteiger partial charge in [0, 0.05) is 12.2 Å². The summed E-state index contributed by atoms with van der Waals surface area (Å²) >= 11 is 0. The number of hydrogen-bond acceptors (Lipinski definition) is 2. The number of hydrogen-bond donors (Lipinski definition) is 1. The molecule has 1 aliphatic carbocycles. The lowest BCUT2D eigenvalue weighted by Crippen LogP contribution is -2.27. The highest BCUT2D eigenvalue weighted by molar-refractivity contribution is 5.36. The third kappa shape index (κ3) is 1.99. The molecule has 0 radical (unpaired) electrons. The summed E-state index contributed by atoms with van der Waals surface area (Å²) in [5, 5.41) is 0. The van der Waals surface area contributed by atoms with Crippen molar-refractivity contribution in [3.8, 4) is 0 Å². The number of nitrogens with zero attached hydrogens (tertiary/aromatic N) is 1. The maximum Gasteiger partial charge on any atom is 0.273 e. The van der Waals surface area contributed by atoms with E-state index in [0.717, 1.165) is 6.54 Å². The van der Waals surface area contributed by atoms with Gasteiger partial charge in [-0.25, -0.2) is 0 Å². The molecular formula is C13H20N2O. The van der Waals surface area contributed by atoms with Crippen molar-refractivity contribution >= 4 is 5.69 Å². The van der Waals surface area contributed by atoms with E-state index in [0.29, 0.717) is 11.6 Å². The summed E-state index contributed by atoms with van der Waals surface area (Å²) in [5.41, 5.74) is 7.18. The zero-order valence-corrected chi connectivity index (χ0v) is 9.91. The number of anilines is 1. The molecule has 2 N–H and O–H groups in total. The standard InChI is InChI=1S/C13H20N2O/c1-2-15-12(9-8-11(14)13(15)16)10-6-4-3-5-7-10/h8-10H,2-7,14H2,1H3. The van der Waals surface area contributed by atoms with Gasteiger partial charge in [0.05, 0.1) is 5.69 Å². The Morgan fingerprint density at radius 3 is 2.62 bits per heavy atom. The lowest BCUT2D eigenvalue weighted by molar-refractivity contribution is 0.421. The largest absolute Gasteiger partial charge is 0.394 e. The molecule has 0 bridgehead atoms. The van der Waals surface area contributed by atoms with Gasteiger partial charge in [-0.2, -0.15) is 0 Å². The first-order valence-corrected chi connectivity index (χ1v) is 6.23. The van der Waals surface area contributed by atoms with E-state index in [-0.39, 0.29) is 5.56 Å². The van der Waals surface area contributed by atoms with Crippen LogP contribution in [0.4, 0.5) is 5.69 Å². The molecular weight excluding hydrogens is 200 g/mol. The summed E-state index contributed by atoms with van der Waals surface area (Å²) in [6.45, 7) is 2.73. The summed E-state index contributed by atoms with van der Waals surface area (Å²) in [7, 11) is 0. The lowest BCUT2D eigenvalue weighted by atomic mass is 9.86. The molecule has 0 amide bonds. The quantitative estimate of drug-likeness (QED) is 0.832. The molecule has 0 unspecified atom stereocenters. The van der Waals surface area contributed by atoms with Crippen molar-refractivity contribution < 1.29 is 0 Å². The van der Waals surface area contributed by atoms with Gasteiger partial charge in [0.25, 0.3) is 5.56 Å². The molecule has 0 spiro atoms. The maximum absolute atomic E-state index is 11.9. The van der Waals surface area contributed by atoms with E-state index in [4.69, 9.17) is 5.73 Å². The first-order valence-electron chi connectivity index (χ1n) is 6.23. The minimum Gasteiger partial charge on any atom is -0.394 e. The van der Waals surface area contributed by atoms with Gasteiger partial charge in [0.2, 0.25) is 0 Å². The minimum atomic E-state index is -0.0226. The van der Waals surface area contributed by atoms with Crippen LogP contribution < -0.4 is 11.3 Å². The zero-order valence-electron chi connectivity index (χ0n) is 9.91. The van der Waals surface area contributed by atoms with Crippen molar-refractivity contribution in [2.75, 3.05) is 5.73 Å². The van der Waals surface area contributed by atoms with Crippen LogP contribution in [-0.4, -0.2) is 4.57 Å². The molecule has 3 nitrogen and oxygen atoms in total. The van der Waals surface area contributed by atoms with Crippen LogP contribution in [0.3, 0.4) is 0 Å². The first kappa shape index (κ1) is 11.2. The summed E-state index contributed by atoms with van der Waals surface area (Å²) in [5.74, 6) is 0.557. The van der Waals surface area contributed by atoms with Gasteiger partial charge in [-0.15, -0.1) is 0 Å². The smallest absolute Gasteiger partial charge is 0.273 e. The zero-order chi connectivity index (χ0) is 11.5. The van der Waals surface area contributed by atoms with Gasteiger partial charge in [0.1, 0.15) is 0 Å². The highest BCUT2D eigenvalue weighted by Gasteiger charge is 2.19. The van der Waals surface area contributed by atoms with E-state index in [1.807, 2.05) is 17.6 Å². The average Bonchev–Trinajstić information content (AvgIpc) is 2.33. The number of aromatic nitrogens is 1. The first-order chi connectivity index (χ1) is 7.74. The molecule has 1 fully saturated rings. The monoisotopic (exact) mass is 220 g/mol. The Labute approximate surface area is 96.3 Å².